The maximum atomic E-state index is 12.0. The Morgan fingerprint density at radius 1 is 1.31 bits per heavy atom. The number of carbonyl (C=O) groups excluding carboxylic acids is 1. The molecule has 1 aliphatic heterocycles. The number of carboxylic acid groups (broad SMARTS) is 1. The molecule has 7 heteroatoms. The lowest BCUT2D eigenvalue weighted by atomic mass is 9.98. The van der Waals surface area contributed by atoms with E-state index in [2.05, 4.69) is 9.97 Å². The highest BCUT2D eigenvalue weighted by atomic mass is 16.5. The summed E-state index contributed by atoms with van der Waals surface area (Å²) in [4.78, 5) is 33.9. The van der Waals surface area contributed by atoms with E-state index in [1.165, 1.54) is 7.11 Å². The van der Waals surface area contributed by atoms with Crippen LogP contribution in [0.15, 0.2) is 36.7 Å². The topological polar surface area (TPSA) is 92.6 Å². The largest absolute Gasteiger partial charge is 0.478 e. The maximum absolute atomic E-state index is 12.0. The molecule has 1 aromatic carbocycles. The van der Waals surface area contributed by atoms with Gasteiger partial charge in [-0.25, -0.2) is 4.79 Å². The van der Waals surface area contributed by atoms with E-state index in [-0.39, 0.29) is 18.1 Å². The van der Waals surface area contributed by atoms with Gasteiger partial charge in [-0.1, -0.05) is 12.1 Å². The monoisotopic (exact) mass is 355 g/mol. The first-order chi connectivity index (χ1) is 12.6. The van der Waals surface area contributed by atoms with E-state index in [9.17, 15) is 14.7 Å². The third-order valence-electron chi connectivity index (χ3n) is 4.55. The molecule has 0 saturated carbocycles. The summed E-state index contributed by atoms with van der Waals surface area (Å²) in [6.07, 6.45) is 4.84. The molecule has 1 aromatic heterocycles. The number of aromatic nitrogens is 2. The molecule has 1 aliphatic rings. The summed E-state index contributed by atoms with van der Waals surface area (Å²) in [6, 6.07) is 6.71. The van der Waals surface area contributed by atoms with Gasteiger partial charge in [0, 0.05) is 38.2 Å². The molecule has 0 aliphatic carbocycles. The van der Waals surface area contributed by atoms with Crippen molar-refractivity contribution in [2.45, 2.75) is 12.8 Å². The molecule has 1 atom stereocenters. The molecule has 7 nitrogen and oxygen atoms in total. The third kappa shape index (κ3) is 4.05. The molecular formula is C19H21N3O4. The first-order valence-electron chi connectivity index (χ1n) is 8.49. The molecule has 1 N–H and O–H groups in total. The minimum Gasteiger partial charge on any atom is -0.478 e. The van der Waals surface area contributed by atoms with Crippen LogP contribution in [0.25, 0.3) is 11.3 Å². The summed E-state index contributed by atoms with van der Waals surface area (Å²) in [5.41, 5.74) is 2.47. The molecule has 1 fully saturated rings. The van der Waals surface area contributed by atoms with Gasteiger partial charge in [-0.3, -0.25) is 14.8 Å². The Morgan fingerprint density at radius 3 is 2.88 bits per heavy atom. The zero-order valence-electron chi connectivity index (χ0n) is 14.6. The lowest BCUT2D eigenvalue weighted by molar-refractivity contribution is -0.134. The van der Waals surface area contributed by atoms with Gasteiger partial charge in [0.25, 0.3) is 0 Å². The van der Waals surface area contributed by atoms with Crippen molar-refractivity contribution in [3.63, 3.8) is 0 Å². The molecule has 3 rings (SSSR count). The number of ether oxygens (including phenoxy) is 1. The van der Waals surface area contributed by atoms with Crippen molar-refractivity contribution in [1.29, 1.82) is 0 Å². The van der Waals surface area contributed by atoms with Gasteiger partial charge in [-0.2, -0.15) is 0 Å². The average Bonchev–Trinajstić information content (AvgIpc) is 3.11. The van der Waals surface area contributed by atoms with Crippen LogP contribution in [0.5, 0.6) is 0 Å². The Kier molecular flexibility index (Phi) is 5.58. The highest BCUT2D eigenvalue weighted by molar-refractivity contribution is 5.89. The van der Waals surface area contributed by atoms with Crippen LogP contribution in [0.3, 0.4) is 0 Å². The molecule has 0 bridgehead atoms. The number of aromatic carboxylic acids is 1. The Balaban J connectivity index is 1.77. The highest BCUT2D eigenvalue weighted by Crippen LogP contribution is 2.26. The molecule has 0 radical (unpaired) electrons. The number of carboxylic acids is 1. The number of hydrogen-bond donors (Lipinski definition) is 1. The van der Waals surface area contributed by atoms with Crippen molar-refractivity contribution in [2.24, 2.45) is 5.92 Å². The molecule has 136 valence electrons. The number of amides is 1. The second-order valence-electron chi connectivity index (χ2n) is 6.37. The van der Waals surface area contributed by atoms with E-state index in [0.29, 0.717) is 24.6 Å². The van der Waals surface area contributed by atoms with Gasteiger partial charge in [0.1, 0.15) is 6.61 Å². The maximum Gasteiger partial charge on any atom is 0.335 e. The van der Waals surface area contributed by atoms with E-state index in [1.807, 2.05) is 11.0 Å². The van der Waals surface area contributed by atoms with Gasteiger partial charge in [0.05, 0.1) is 17.0 Å². The van der Waals surface area contributed by atoms with E-state index in [4.69, 9.17) is 4.74 Å². The molecule has 1 saturated heterocycles. The predicted molar refractivity (Wildman–Crippen MR) is 94.7 cm³/mol. The van der Waals surface area contributed by atoms with Gasteiger partial charge < -0.3 is 14.7 Å². The van der Waals surface area contributed by atoms with Crippen LogP contribution in [0.2, 0.25) is 0 Å². The fraction of sp³-hybridized carbons (Fsp3) is 0.368. The van der Waals surface area contributed by atoms with Crippen molar-refractivity contribution in [2.75, 3.05) is 26.8 Å². The molecule has 0 spiro atoms. The average molecular weight is 355 g/mol. The first kappa shape index (κ1) is 18.0. The smallest absolute Gasteiger partial charge is 0.335 e. The SMILES string of the molecule is COCC(=O)N1CCC(Cc2nccnc2-c2cccc(C(=O)O)c2)C1. The van der Waals surface area contributed by atoms with Crippen molar-refractivity contribution in [1.82, 2.24) is 14.9 Å². The zero-order chi connectivity index (χ0) is 18.5. The van der Waals surface area contributed by atoms with Crippen LogP contribution < -0.4 is 0 Å². The van der Waals surface area contributed by atoms with Crippen molar-refractivity contribution < 1.29 is 19.4 Å². The zero-order valence-corrected chi connectivity index (χ0v) is 14.6. The van der Waals surface area contributed by atoms with Gasteiger partial charge in [0.2, 0.25) is 5.91 Å². The minimum atomic E-state index is -0.972. The second-order valence-corrected chi connectivity index (χ2v) is 6.37. The van der Waals surface area contributed by atoms with Crippen molar-refractivity contribution in [3.8, 4) is 11.3 Å². The number of nitrogens with zero attached hydrogens (tertiary/aromatic N) is 3. The number of likely N-dealkylation sites (tertiary alicyclic amines) is 1. The summed E-state index contributed by atoms with van der Waals surface area (Å²) in [7, 11) is 1.52. The number of methoxy groups -OCH3 is 1. The van der Waals surface area contributed by atoms with Gasteiger partial charge in [0.15, 0.2) is 0 Å². The number of rotatable bonds is 6. The summed E-state index contributed by atoms with van der Waals surface area (Å²) in [5.74, 6) is -0.669. The normalized spacial score (nSPS) is 16.7. The molecule has 1 amide bonds. The summed E-state index contributed by atoms with van der Waals surface area (Å²) in [5, 5.41) is 9.20. The highest BCUT2D eigenvalue weighted by Gasteiger charge is 2.27. The predicted octanol–water partition coefficient (Wildman–Crippen LogP) is 1.88. The Morgan fingerprint density at radius 2 is 2.12 bits per heavy atom. The van der Waals surface area contributed by atoms with Gasteiger partial charge in [-0.05, 0) is 30.9 Å². The van der Waals surface area contributed by atoms with E-state index in [1.54, 1.807) is 30.6 Å². The minimum absolute atomic E-state index is 0.00327. The lowest BCUT2D eigenvalue weighted by Gasteiger charge is -2.16. The molecule has 26 heavy (non-hydrogen) atoms. The fourth-order valence-corrected chi connectivity index (χ4v) is 3.27. The summed E-state index contributed by atoms with van der Waals surface area (Å²) in [6.45, 7) is 1.50. The van der Waals surface area contributed by atoms with Crippen molar-refractivity contribution >= 4 is 11.9 Å². The van der Waals surface area contributed by atoms with E-state index < -0.39 is 5.97 Å². The van der Waals surface area contributed by atoms with Crippen LogP contribution in [0, 0.1) is 5.92 Å². The van der Waals surface area contributed by atoms with Crippen LogP contribution in [0.1, 0.15) is 22.5 Å². The van der Waals surface area contributed by atoms with Crippen LogP contribution in [-0.4, -0.2) is 58.7 Å². The Hall–Kier alpha value is -2.80. The Bertz CT molecular complexity index is 809. The lowest BCUT2D eigenvalue weighted by Crippen LogP contribution is -2.31. The van der Waals surface area contributed by atoms with Crippen LogP contribution in [-0.2, 0) is 16.0 Å². The third-order valence-corrected chi connectivity index (χ3v) is 4.55. The quantitative estimate of drug-likeness (QED) is 0.850. The number of benzene rings is 1. The molecule has 2 heterocycles. The van der Waals surface area contributed by atoms with E-state index >= 15 is 0 Å². The standard InChI is InChI=1S/C19H21N3O4/c1-26-12-17(23)22-8-5-13(11-22)9-16-18(21-7-6-20-16)14-3-2-4-15(10-14)19(24)25/h2-4,6-7,10,13H,5,8-9,11-12H2,1H3,(H,24,25). The molecular weight excluding hydrogens is 334 g/mol. The van der Waals surface area contributed by atoms with Crippen molar-refractivity contribution in [3.05, 3.63) is 47.9 Å². The number of hydrogen-bond acceptors (Lipinski definition) is 5. The van der Waals surface area contributed by atoms with Crippen LogP contribution >= 0.6 is 0 Å². The molecule has 1 unspecified atom stereocenters. The Labute approximate surface area is 151 Å². The summed E-state index contributed by atoms with van der Waals surface area (Å²) < 4.78 is 4.92. The van der Waals surface area contributed by atoms with Gasteiger partial charge >= 0.3 is 5.97 Å². The fourth-order valence-electron chi connectivity index (χ4n) is 3.27. The second kappa shape index (κ2) is 8.05. The number of carbonyl (C=O) groups is 2. The summed E-state index contributed by atoms with van der Waals surface area (Å²) >= 11 is 0. The van der Waals surface area contributed by atoms with Gasteiger partial charge in [-0.15, -0.1) is 0 Å². The van der Waals surface area contributed by atoms with Crippen LogP contribution in [0.4, 0.5) is 0 Å². The molecule has 2 aromatic rings. The first-order valence-corrected chi connectivity index (χ1v) is 8.49. The van der Waals surface area contributed by atoms with E-state index in [0.717, 1.165) is 24.2 Å².